The molecule has 0 unspecified atom stereocenters. The van der Waals surface area contributed by atoms with Gasteiger partial charge in [-0.2, -0.15) is 0 Å². The van der Waals surface area contributed by atoms with Crippen molar-refractivity contribution in [2.75, 3.05) is 0 Å². The fourth-order valence-electron chi connectivity index (χ4n) is 1.93. The zero-order chi connectivity index (χ0) is 12.4. The molecular formula is C13H14N2O2. The van der Waals surface area contributed by atoms with E-state index in [1.165, 1.54) is 6.92 Å². The molecule has 2 rings (SSSR count). The lowest BCUT2D eigenvalue weighted by Gasteiger charge is -1.97. The van der Waals surface area contributed by atoms with Crippen LogP contribution in [-0.2, 0) is 6.54 Å². The number of hydrogen-bond acceptors (Lipinski definition) is 2. The molecule has 2 aromatic rings. The van der Waals surface area contributed by atoms with E-state index >= 15 is 0 Å². The second kappa shape index (κ2) is 4.41. The van der Waals surface area contributed by atoms with Gasteiger partial charge in [0.2, 0.25) is 5.70 Å². The lowest BCUT2D eigenvalue weighted by molar-refractivity contribution is -0.422. The van der Waals surface area contributed by atoms with Crippen LogP contribution in [0.25, 0.3) is 17.0 Å². The maximum atomic E-state index is 10.6. The largest absolute Gasteiger partial charge is 0.347 e. The van der Waals surface area contributed by atoms with Crippen LogP contribution in [0.1, 0.15) is 19.4 Å². The Morgan fingerprint density at radius 2 is 2.18 bits per heavy atom. The molecule has 0 fully saturated rings. The summed E-state index contributed by atoms with van der Waals surface area (Å²) in [6.45, 7) is 4.42. The molecule has 0 atom stereocenters. The number of nitro groups is 1. The van der Waals surface area contributed by atoms with Crippen molar-refractivity contribution < 1.29 is 4.92 Å². The Morgan fingerprint density at radius 3 is 2.82 bits per heavy atom. The van der Waals surface area contributed by atoms with E-state index in [-0.39, 0.29) is 10.6 Å². The Kier molecular flexibility index (Phi) is 2.95. The molecule has 0 saturated heterocycles. The maximum absolute atomic E-state index is 10.6. The van der Waals surface area contributed by atoms with E-state index in [9.17, 15) is 10.1 Å². The van der Waals surface area contributed by atoms with Gasteiger partial charge >= 0.3 is 0 Å². The first-order valence-corrected chi connectivity index (χ1v) is 5.54. The minimum atomic E-state index is -0.363. The van der Waals surface area contributed by atoms with Crippen LogP contribution >= 0.6 is 0 Å². The molecule has 0 spiro atoms. The Morgan fingerprint density at radius 1 is 1.47 bits per heavy atom. The van der Waals surface area contributed by atoms with Crippen LogP contribution in [0, 0.1) is 10.1 Å². The van der Waals surface area contributed by atoms with E-state index < -0.39 is 0 Å². The Bertz CT molecular complexity index is 596. The molecule has 0 saturated carbocycles. The highest BCUT2D eigenvalue weighted by Crippen LogP contribution is 2.23. The van der Waals surface area contributed by atoms with Crippen molar-refractivity contribution in [3.8, 4) is 0 Å². The monoisotopic (exact) mass is 230 g/mol. The van der Waals surface area contributed by atoms with Crippen molar-refractivity contribution >= 4 is 17.0 Å². The van der Waals surface area contributed by atoms with E-state index in [2.05, 4.69) is 11.5 Å². The second-order valence-corrected chi connectivity index (χ2v) is 3.93. The lowest BCUT2D eigenvalue weighted by Crippen LogP contribution is -1.92. The lowest BCUT2D eigenvalue weighted by atomic mass is 10.1. The fraction of sp³-hybridized carbons (Fsp3) is 0.231. The molecule has 0 aliphatic rings. The predicted molar refractivity (Wildman–Crippen MR) is 68.3 cm³/mol. The number of nitrogens with zero attached hydrogens (tertiary/aromatic N) is 2. The van der Waals surface area contributed by atoms with Crippen molar-refractivity contribution in [2.24, 2.45) is 0 Å². The molecule has 0 radical (unpaired) electrons. The summed E-state index contributed by atoms with van der Waals surface area (Å²) in [7, 11) is 0. The van der Waals surface area contributed by atoms with Gasteiger partial charge < -0.3 is 4.57 Å². The average Bonchev–Trinajstić information content (AvgIpc) is 2.68. The number of rotatable bonds is 3. The third-order valence-corrected chi connectivity index (χ3v) is 2.81. The van der Waals surface area contributed by atoms with E-state index in [1.54, 1.807) is 6.08 Å². The van der Waals surface area contributed by atoms with Crippen LogP contribution in [0.3, 0.4) is 0 Å². The number of benzene rings is 1. The third-order valence-electron chi connectivity index (χ3n) is 2.81. The number of para-hydroxylation sites is 1. The van der Waals surface area contributed by atoms with Gasteiger partial charge in [0.25, 0.3) is 0 Å². The van der Waals surface area contributed by atoms with E-state index in [0.717, 1.165) is 23.0 Å². The zero-order valence-corrected chi connectivity index (χ0v) is 9.88. The molecule has 1 aromatic heterocycles. The minimum absolute atomic E-state index is 0.156. The normalized spacial score (nSPS) is 12.0. The number of aromatic nitrogens is 1. The first kappa shape index (κ1) is 11.4. The van der Waals surface area contributed by atoms with E-state index in [0.29, 0.717) is 0 Å². The van der Waals surface area contributed by atoms with Crippen LogP contribution in [0.2, 0.25) is 0 Å². The van der Waals surface area contributed by atoms with E-state index in [4.69, 9.17) is 0 Å². The van der Waals surface area contributed by atoms with Crippen molar-refractivity contribution in [3.05, 3.63) is 51.8 Å². The van der Waals surface area contributed by atoms with Gasteiger partial charge in [0.15, 0.2) is 0 Å². The summed E-state index contributed by atoms with van der Waals surface area (Å²) >= 11 is 0. The topological polar surface area (TPSA) is 48.1 Å². The van der Waals surface area contributed by atoms with Gasteiger partial charge in [-0.1, -0.05) is 18.2 Å². The van der Waals surface area contributed by atoms with Gasteiger partial charge in [-0.25, -0.2) is 0 Å². The van der Waals surface area contributed by atoms with Gasteiger partial charge in [0, 0.05) is 42.2 Å². The van der Waals surface area contributed by atoms with E-state index in [1.807, 2.05) is 30.5 Å². The van der Waals surface area contributed by atoms with Crippen LogP contribution < -0.4 is 0 Å². The summed E-state index contributed by atoms with van der Waals surface area (Å²) in [4.78, 5) is 10.3. The highest BCUT2D eigenvalue weighted by Gasteiger charge is 2.08. The summed E-state index contributed by atoms with van der Waals surface area (Å²) in [5, 5.41) is 11.7. The molecule has 1 aromatic carbocycles. The molecule has 88 valence electrons. The molecule has 0 aliphatic carbocycles. The molecule has 0 aliphatic heterocycles. The quantitative estimate of drug-likeness (QED) is 0.600. The van der Waals surface area contributed by atoms with Gasteiger partial charge in [-0.3, -0.25) is 10.1 Å². The summed E-state index contributed by atoms with van der Waals surface area (Å²) in [6.07, 6.45) is 3.58. The highest BCUT2D eigenvalue weighted by molar-refractivity contribution is 5.89. The van der Waals surface area contributed by atoms with Crippen LogP contribution in [0.5, 0.6) is 0 Å². The third kappa shape index (κ3) is 2.06. The summed E-state index contributed by atoms with van der Waals surface area (Å²) < 4.78 is 2.09. The molecule has 4 nitrogen and oxygen atoms in total. The molecule has 0 bridgehead atoms. The first-order chi connectivity index (χ1) is 8.13. The molecule has 0 amide bonds. The molecule has 4 heteroatoms. The minimum Gasteiger partial charge on any atom is -0.347 e. The Labute approximate surface area is 99.3 Å². The van der Waals surface area contributed by atoms with Gasteiger partial charge in [-0.15, -0.1) is 0 Å². The van der Waals surface area contributed by atoms with Crippen LogP contribution in [-0.4, -0.2) is 9.49 Å². The number of allylic oxidation sites excluding steroid dienone is 1. The van der Waals surface area contributed by atoms with Crippen molar-refractivity contribution in [3.63, 3.8) is 0 Å². The van der Waals surface area contributed by atoms with Crippen molar-refractivity contribution in [2.45, 2.75) is 20.4 Å². The Hall–Kier alpha value is -2.10. The molecule has 17 heavy (non-hydrogen) atoms. The summed E-state index contributed by atoms with van der Waals surface area (Å²) in [5.74, 6) is 0. The number of hydrogen-bond donors (Lipinski definition) is 0. The first-order valence-electron chi connectivity index (χ1n) is 5.54. The number of fused-ring (bicyclic) bond motifs is 1. The number of aryl methyl sites for hydroxylation is 1. The maximum Gasteiger partial charge on any atom is 0.243 e. The van der Waals surface area contributed by atoms with Crippen molar-refractivity contribution in [1.29, 1.82) is 0 Å². The summed E-state index contributed by atoms with van der Waals surface area (Å²) in [5.41, 5.74) is 2.16. The van der Waals surface area contributed by atoms with Gasteiger partial charge in [-0.05, 0) is 13.0 Å². The Balaban J connectivity index is 2.62. The SMILES string of the molecule is CCn1cc(/C=C(/C)[N+](=O)[O-])c2ccccc21. The highest BCUT2D eigenvalue weighted by atomic mass is 16.6. The molecular weight excluding hydrogens is 216 g/mol. The smallest absolute Gasteiger partial charge is 0.243 e. The van der Waals surface area contributed by atoms with Crippen LogP contribution in [0.4, 0.5) is 0 Å². The van der Waals surface area contributed by atoms with Crippen LogP contribution in [0.15, 0.2) is 36.2 Å². The molecule has 0 N–H and O–H groups in total. The fourth-order valence-corrected chi connectivity index (χ4v) is 1.93. The average molecular weight is 230 g/mol. The molecule has 1 heterocycles. The predicted octanol–water partition coefficient (Wildman–Crippen LogP) is 3.30. The van der Waals surface area contributed by atoms with Crippen molar-refractivity contribution in [1.82, 2.24) is 4.57 Å². The zero-order valence-electron chi connectivity index (χ0n) is 9.88. The standard InChI is InChI=1S/C13H14N2O2/c1-3-14-9-11(8-10(2)15(16)17)12-6-4-5-7-13(12)14/h4-9H,3H2,1-2H3/b10-8-. The summed E-state index contributed by atoms with van der Waals surface area (Å²) in [6, 6.07) is 7.93. The van der Waals surface area contributed by atoms with Gasteiger partial charge in [0.05, 0.1) is 4.92 Å². The van der Waals surface area contributed by atoms with Gasteiger partial charge in [0.1, 0.15) is 0 Å². The second-order valence-electron chi connectivity index (χ2n) is 3.93.